The molecular weight excluding hydrogens is 296 g/mol. The second-order valence-corrected chi connectivity index (χ2v) is 5.78. The first kappa shape index (κ1) is 13.9. The lowest BCUT2D eigenvalue weighted by Gasteiger charge is -2.24. The van der Waals surface area contributed by atoms with Crippen molar-refractivity contribution in [2.24, 2.45) is 7.05 Å². The van der Waals surface area contributed by atoms with Crippen molar-refractivity contribution in [3.8, 4) is 11.5 Å². The third-order valence-electron chi connectivity index (χ3n) is 4.31. The predicted octanol–water partition coefficient (Wildman–Crippen LogP) is 2.35. The van der Waals surface area contributed by atoms with Gasteiger partial charge in [0.1, 0.15) is 0 Å². The molecule has 0 radical (unpaired) electrons. The Labute approximate surface area is 133 Å². The maximum absolute atomic E-state index is 12.3. The molecule has 0 bridgehead atoms. The number of rotatable bonds is 2. The first-order chi connectivity index (χ1) is 11.2. The van der Waals surface area contributed by atoms with Crippen LogP contribution in [0.5, 0.6) is 11.5 Å². The van der Waals surface area contributed by atoms with Crippen LogP contribution in [-0.2, 0) is 13.5 Å². The molecule has 2 N–H and O–H groups in total. The molecule has 0 saturated carbocycles. The largest absolute Gasteiger partial charge is 0.454 e. The molecule has 0 fully saturated rings. The third kappa shape index (κ3) is 2.58. The molecule has 1 aromatic heterocycles. The van der Waals surface area contributed by atoms with Gasteiger partial charge < -0.3 is 20.1 Å². The van der Waals surface area contributed by atoms with Crippen molar-refractivity contribution in [2.45, 2.75) is 25.3 Å². The van der Waals surface area contributed by atoms with Gasteiger partial charge in [-0.3, -0.25) is 4.68 Å². The molecule has 120 valence electrons. The van der Waals surface area contributed by atoms with Crippen molar-refractivity contribution in [3.05, 3.63) is 35.7 Å². The van der Waals surface area contributed by atoms with E-state index in [1.165, 1.54) is 5.69 Å². The van der Waals surface area contributed by atoms with Gasteiger partial charge in [0.15, 0.2) is 11.5 Å². The van der Waals surface area contributed by atoms with Crippen molar-refractivity contribution in [3.63, 3.8) is 0 Å². The van der Waals surface area contributed by atoms with Crippen LogP contribution in [0.2, 0.25) is 0 Å². The summed E-state index contributed by atoms with van der Waals surface area (Å²) in [6.45, 7) is 0.219. The summed E-state index contributed by atoms with van der Waals surface area (Å²) in [5.74, 6) is 1.35. The summed E-state index contributed by atoms with van der Waals surface area (Å²) in [4.78, 5) is 12.3. The Morgan fingerprint density at radius 1 is 1.35 bits per heavy atom. The van der Waals surface area contributed by atoms with E-state index < -0.39 is 0 Å². The van der Waals surface area contributed by atoms with Crippen LogP contribution in [0.15, 0.2) is 24.4 Å². The fraction of sp³-hybridized carbons (Fsp3) is 0.375. The van der Waals surface area contributed by atoms with E-state index in [4.69, 9.17) is 9.47 Å². The quantitative estimate of drug-likeness (QED) is 0.892. The number of aryl methyl sites for hydroxylation is 1. The Hall–Kier alpha value is -2.70. The molecule has 23 heavy (non-hydrogen) atoms. The number of fused-ring (bicyclic) bond motifs is 2. The average Bonchev–Trinajstić information content (AvgIpc) is 3.14. The van der Waals surface area contributed by atoms with Crippen LogP contribution in [0, 0.1) is 0 Å². The Morgan fingerprint density at radius 2 is 2.22 bits per heavy atom. The van der Waals surface area contributed by atoms with E-state index in [0.29, 0.717) is 17.2 Å². The summed E-state index contributed by atoms with van der Waals surface area (Å²) in [7, 11) is 1.94. The van der Waals surface area contributed by atoms with Crippen LogP contribution in [0.4, 0.5) is 10.5 Å². The minimum atomic E-state index is -0.231. The highest BCUT2D eigenvalue weighted by Gasteiger charge is 2.25. The van der Waals surface area contributed by atoms with Gasteiger partial charge >= 0.3 is 6.03 Å². The van der Waals surface area contributed by atoms with E-state index >= 15 is 0 Å². The summed E-state index contributed by atoms with van der Waals surface area (Å²) in [6, 6.07) is 5.12. The van der Waals surface area contributed by atoms with Crippen molar-refractivity contribution in [1.29, 1.82) is 0 Å². The number of hydrogen-bond acceptors (Lipinski definition) is 4. The monoisotopic (exact) mass is 314 g/mol. The van der Waals surface area contributed by atoms with Crippen molar-refractivity contribution < 1.29 is 14.3 Å². The molecule has 0 unspecified atom stereocenters. The van der Waals surface area contributed by atoms with Gasteiger partial charge in [-0.25, -0.2) is 4.79 Å². The number of carbonyl (C=O) groups excluding carboxylic acids is 1. The van der Waals surface area contributed by atoms with Gasteiger partial charge in [0.05, 0.1) is 12.2 Å². The van der Waals surface area contributed by atoms with Crippen LogP contribution in [0.3, 0.4) is 0 Å². The van der Waals surface area contributed by atoms with E-state index in [0.717, 1.165) is 24.8 Å². The maximum Gasteiger partial charge on any atom is 0.319 e. The minimum Gasteiger partial charge on any atom is -0.454 e. The molecule has 1 aromatic carbocycles. The van der Waals surface area contributed by atoms with Crippen LogP contribution in [0.1, 0.15) is 30.1 Å². The van der Waals surface area contributed by atoms with Gasteiger partial charge in [-0.05, 0) is 31.4 Å². The number of carbonyl (C=O) groups is 1. The Bertz CT molecular complexity index is 756. The van der Waals surface area contributed by atoms with Gasteiger partial charge in [0.25, 0.3) is 0 Å². The van der Waals surface area contributed by atoms with Crippen LogP contribution in [-0.4, -0.2) is 22.6 Å². The lowest BCUT2D eigenvalue weighted by Crippen LogP contribution is -2.34. The second-order valence-electron chi connectivity index (χ2n) is 5.78. The number of nitrogens with zero attached hydrogens (tertiary/aromatic N) is 2. The lowest BCUT2D eigenvalue weighted by atomic mass is 9.93. The van der Waals surface area contributed by atoms with Gasteiger partial charge in [0, 0.05) is 30.1 Å². The summed E-state index contributed by atoms with van der Waals surface area (Å²) in [5.41, 5.74) is 2.98. The number of benzene rings is 1. The summed E-state index contributed by atoms with van der Waals surface area (Å²) in [6.07, 6.45) is 4.82. The molecule has 2 heterocycles. The number of hydrogen-bond donors (Lipinski definition) is 2. The summed E-state index contributed by atoms with van der Waals surface area (Å²) < 4.78 is 12.5. The number of amides is 2. The fourth-order valence-electron chi connectivity index (χ4n) is 3.16. The molecule has 1 aliphatic heterocycles. The third-order valence-corrected chi connectivity index (χ3v) is 4.31. The topological polar surface area (TPSA) is 77.4 Å². The normalized spacial score (nSPS) is 18.4. The number of urea groups is 1. The van der Waals surface area contributed by atoms with Crippen LogP contribution < -0.4 is 20.1 Å². The van der Waals surface area contributed by atoms with E-state index in [1.807, 2.05) is 17.9 Å². The highest BCUT2D eigenvalue weighted by atomic mass is 16.7. The van der Waals surface area contributed by atoms with Crippen molar-refractivity contribution in [1.82, 2.24) is 15.1 Å². The number of anilines is 1. The van der Waals surface area contributed by atoms with E-state index in [-0.39, 0.29) is 18.9 Å². The summed E-state index contributed by atoms with van der Waals surface area (Å²) in [5, 5.41) is 10.2. The molecule has 2 aliphatic rings. The summed E-state index contributed by atoms with van der Waals surface area (Å²) >= 11 is 0. The predicted molar refractivity (Wildman–Crippen MR) is 83.6 cm³/mol. The van der Waals surface area contributed by atoms with Gasteiger partial charge in [-0.1, -0.05) is 0 Å². The smallest absolute Gasteiger partial charge is 0.319 e. The zero-order valence-electron chi connectivity index (χ0n) is 12.8. The van der Waals surface area contributed by atoms with Gasteiger partial charge in [-0.15, -0.1) is 0 Å². The Balaban J connectivity index is 1.45. The number of nitrogens with one attached hydrogen (secondary N) is 2. The van der Waals surface area contributed by atoms with E-state index in [1.54, 1.807) is 18.2 Å². The fourth-order valence-corrected chi connectivity index (χ4v) is 3.16. The molecular formula is C16H18N4O3. The molecule has 2 amide bonds. The highest BCUT2D eigenvalue weighted by molar-refractivity contribution is 5.90. The van der Waals surface area contributed by atoms with Crippen LogP contribution >= 0.6 is 0 Å². The number of aromatic nitrogens is 2. The zero-order chi connectivity index (χ0) is 15.8. The Morgan fingerprint density at radius 3 is 3.13 bits per heavy atom. The molecule has 0 spiro atoms. The van der Waals surface area contributed by atoms with Gasteiger partial charge in [0.2, 0.25) is 6.79 Å². The average molecular weight is 314 g/mol. The Kier molecular flexibility index (Phi) is 3.33. The molecule has 7 heteroatoms. The second kappa shape index (κ2) is 5.49. The van der Waals surface area contributed by atoms with E-state index in [2.05, 4.69) is 15.7 Å². The van der Waals surface area contributed by atoms with Crippen molar-refractivity contribution in [2.75, 3.05) is 12.1 Å². The van der Waals surface area contributed by atoms with E-state index in [9.17, 15) is 4.79 Å². The molecule has 1 atom stereocenters. The first-order valence-corrected chi connectivity index (χ1v) is 7.68. The standard InChI is InChI=1S/C16H18N4O3/c1-20-13-4-2-3-12(11(13)8-17-20)19-16(21)18-10-5-6-14-15(7-10)23-9-22-14/h5-8,12H,2-4,9H2,1H3,(H2,18,19,21)/t12-/m0/s1. The highest BCUT2D eigenvalue weighted by Crippen LogP contribution is 2.34. The SMILES string of the molecule is Cn1ncc2c1CCC[C@@H]2NC(=O)Nc1ccc2c(c1)OCO2. The molecule has 7 nitrogen and oxygen atoms in total. The lowest BCUT2D eigenvalue weighted by molar-refractivity contribution is 0.174. The van der Waals surface area contributed by atoms with Crippen LogP contribution in [0.25, 0.3) is 0 Å². The molecule has 1 aliphatic carbocycles. The number of ether oxygens (including phenoxy) is 2. The first-order valence-electron chi connectivity index (χ1n) is 7.68. The minimum absolute atomic E-state index is 0.00135. The van der Waals surface area contributed by atoms with Crippen molar-refractivity contribution >= 4 is 11.7 Å². The maximum atomic E-state index is 12.3. The molecule has 2 aromatic rings. The zero-order valence-corrected chi connectivity index (χ0v) is 12.8. The molecule has 0 saturated heterocycles. The molecule has 4 rings (SSSR count). The van der Waals surface area contributed by atoms with Gasteiger partial charge in [-0.2, -0.15) is 5.10 Å².